The van der Waals surface area contributed by atoms with Crippen molar-refractivity contribution in [1.29, 1.82) is 0 Å². The lowest BCUT2D eigenvalue weighted by Crippen LogP contribution is -2.02. The van der Waals surface area contributed by atoms with Gasteiger partial charge in [-0.25, -0.2) is 4.79 Å². The summed E-state index contributed by atoms with van der Waals surface area (Å²) in [5.41, 5.74) is 2.72. The first kappa shape index (κ1) is 14.5. The summed E-state index contributed by atoms with van der Waals surface area (Å²) in [6, 6.07) is 6.42. The van der Waals surface area contributed by atoms with Crippen LogP contribution in [0.3, 0.4) is 0 Å². The second-order valence-corrected chi connectivity index (χ2v) is 5.99. The molecule has 0 saturated carbocycles. The number of aromatic nitrogens is 1. The molecule has 0 aliphatic rings. The van der Waals surface area contributed by atoms with E-state index in [4.69, 9.17) is 9.63 Å². The number of hydrogen-bond acceptors (Lipinski definition) is 4. The Bertz CT molecular complexity index is 626. The van der Waals surface area contributed by atoms with Crippen LogP contribution in [0.5, 0.6) is 0 Å². The van der Waals surface area contributed by atoms with E-state index < -0.39 is 16.8 Å². The first-order chi connectivity index (χ1) is 9.47. The van der Waals surface area contributed by atoms with Crippen LogP contribution in [0.1, 0.15) is 32.9 Å². The fraction of sp³-hybridized carbons (Fsp3) is 0.286. The van der Waals surface area contributed by atoms with Crippen LogP contribution in [-0.2, 0) is 22.3 Å². The Balaban J connectivity index is 2.03. The van der Waals surface area contributed by atoms with Crippen LogP contribution in [0.2, 0.25) is 0 Å². The maximum atomic E-state index is 12.1. The van der Waals surface area contributed by atoms with Crippen molar-refractivity contribution in [2.45, 2.75) is 25.4 Å². The SMILES string of the molecule is Cc1noc(C)c1CS(=O)Cc1ccc(C(=O)O)cc1. The normalized spacial score (nSPS) is 12.3. The van der Waals surface area contributed by atoms with E-state index in [-0.39, 0.29) is 5.56 Å². The zero-order chi connectivity index (χ0) is 14.7. The number of nitrogens with zero attached hydrogens (tertiary/aromatic N) is 1. The molecule has 0 fully saturated rings. The van der Waals surface area contributed by atoms with Crippen LogP contribution in [0.25, 0.3) is 0 Å². The number of aryl methyl sites for hydroxylation is 2. The lowest BCUT2D eigenvalue weighted by atomic mass is 10.1. The predicted octanol–water partition coefficient (Wildman–Crippen LogP) is 2.44. The Morgan fingerprint density at radius 3 is 2.40 bits per heavy atom. The summed E-state index contributed by atoms with van der Waals surface area (Å²) in [5, 5.41) is 12.6. The van der Waals surface area contributed by atoms with Gasteiger partial charge < -0.3 is 9.63 Å². The van der Waals surface area contributed by atoms with Crippen LogP contribution in [-0.4, -0.2) is 20.4 Å². The van der Waals surface area contributed by atoms with E-state index in [0.717, 1.165) is 16.8 Å². The van der Waals surface area contributed by atoms with Crippen molar-refractivity contribution in [3.63, 3.8) is 0 Å². The molecule has 1 aromatic heterocycles. The van der Waals surface area contributed by atoms with Gasteiger partial charge in [0.25, 0.3) is 0 Å². The Morgan fingerprint density at radius 1 is 1.25 bits per heavy atom. The molecule has 106 valence electrons. The summed E-state index contributed by atoms with van der Waals surface area (Å²) in [4.78, 5) is 10.7. The molecule has 0 radical (unpaired) electrons. The quantitative estimate of drug-likeness (QED) is 0.915. The molecule has 1 N–H and O–H groups in total. The van der Waals surface area contributed by atoms with Gasteiger partial charge in [-0.15, -0.1) is 0 Å². The molecule has 1 unspecified atom stereocenters. The van der Waals surface area contributed by atoms with Crippen LogP contribution < -0.4 is 0 Å². The number of carbonyl (C=O) groups is 1. The van der Waals surface area contributed by atoms with E-state index in [1.165, 1.54) is 12.1 Å². The van der Waals surface area contributed by atoms with E-state index in [2.05, 4.69) is 5.16 Å². The predicted molar refractivity (Wildman–Crippen MR) is 74.9 cm³/mol. The molecule has 5 nitrogen and oxygen atoms in total. The van der Waals surface area contributed by atoms with Gasteiger partial charge in [-0.3, -0.25) is 4.21 Å². The van der Waals surface area contributed by atoms with Crippen molar-refractivity contribution in [3.8, 4) is 0 Å². The van der Waals surface area contributed by atoms with Crippen LogP contribution >= 0.6 is 0 Å². The van der Waals surface area contributed by atoms with Crippen LogP contribution in [0.4, 0.5) is 0 Å². The second-order valence-electron chi connectivity index (χ2n) is 4.53. The molecule has 0 amide bonds. The lowest BCUT2D eigenvalue weighted by Gasteiger charge is -2.03. The number of hydrogen-bond donors (Lipinski definition) is 1. The summed E-state index contributed by atoms with van der Waals surface area (Å²) < 4.78 is 17.2. The molecule has 6 heteroatoms. The van der Waals surface area contributed by atoms with Gasteiger partial charge in [-0.1, -0.05) is 17.3 Å². The van der Waals surface area contributed by atoms with Gasteiger partial charge in [-0.2, -0.15) is 0 Å². The van der Waals surface area contributed by atoms with Gasteiger partial charge in [0, 0.05) is 22.1 Å². The van der Waals surface area contributed by atoms with Crippen molar-refractivity contribution in [1.82, 2.24) is 5.16 Å². The van der Waals surface area contributed by atoms with Crippen molar-refractivity contribution in [2.75, 3.05) is 0 Å². The minimum Gasteiger partial charge on any atom is -0.478 e. The van der Waals surface area contributed by atoms with E-state index in [1.807, 2.05) is 6.92 Å². The Morgan fingerprint density at radius 2 is 1.90 bits per heavy atom. The fourth-order valence-electron chi connectivity index (χ4n) is 1.85. The minimum absolute atomic E-state index is 0.227. The van der Waals surface area contributed by atoms with Gasteiger partial charge in [-0.05, 0) is 31.5 Å². The maximum absolute atomic E-state index is 12.1. The second kappa shape index (κ2) is 6.00. The van der Waals surface area contributed by atoms with Crippen LogP contribution in [0.15, 0.2) is 28.8 Å². The van der Waals surface area contributed by atoms with Gasteiger partial charge in [0.1, 0.15) is 5.76 Å². The molecule has 1 aromatic carbocycles. The maximum Gasteiger partial charge on any atom is 0.335 e. The Labute approximate surface area is 119 Å². The zero-order valence-corrected chi connectivity index (χ0v) is 12.1. The number of rotatable bonds is 5. The van der Waals surface area contributed by atoms with Gasteiger partial charge in [0.05, 0.1) is 17.0 Å². The summed E-state index contributed by atoms with van der Waals surface area (Å²) in [7, 11) is -1.09. The molecule has 1 atom stereocenters. The topological polar surface area (TPSA) is 80.4 Å². The van der Waals surface area contributed by atoms with E-state index in [0.29, 0.717) is 17.3 Å². The largest absolute Gasteiger partial charge is 0.478 e. The number of carboxylic acid groups (broad SMARTS) is 1. The lowest BCUT2D eigenvalue weighted by molar-refractivity contribution is 0.0697. The Kier molecular flexibility index (Phi) is 4.34. The number of benzene rings is 1. The molecule has 1 heterocycles. The highest BCUT2D eigenvalue weighted by Gasteiger charge is 2.13. The van der Waals surface area contributed by atoms with E-state index >= 15 is 0 Å². The molecule has 0 aliphatic heterocycles. The van der Waals surface area contributed by atoms with E-state index in [9.17, 15) is 9.00 Å². The highest BCUT2D eigenvalue weighted by atomic mass is 32.2. The zero-order valence-electron chi connectivity index (χ0n) is 11.3. The summed E-state index contributed by atoms with van der Waals surface area (Å²) >= 11 is 0. The average Bonchev–Trinajstić information content (AvgIpc) is 2.71. The van der Waals surface area contributed by atoms with Crippen molar-refractivity contribution in [2.24, 2.45) is 0 Å². The molecule has 0 aliphatic carbocycles. The van der Waals surface area contributed by atoms with Crippen molar-refractivity contribution >= 4 is 16.8 Å². The molecular weight excluding hydrogens is 278 g/mol. The minimum atomic E-state index is -1.09. The first-order valence-electron chi connectivity index (χ1n) is 6.06. The molecule has 2 rings (SSSR count). The van der Waals surface area contributed by atoms with Gasteiger partial charge in [0.2, 0.25) is 0 Å². The molecule has 0 bridgehead atoms. The van der Waals surface area contributed by atoms with Gasteiger partial charge >= 0.3 is 5.97 Å². The van der Waals surface area contributed by atoms with Crippen molar-refractivity contribution in [3.05, 3.63) is 52.4 Å². The van der Waals surface area contributed by atoms with Crippen molar-refractivity contribution < 1.29 is 18.6 Å². The summed E-state index contributed by atoms with van der Waals surface area (Å²) in [6.45, 7) is 3.62. The third-order valence-corrected chi connectivity index (χ3v) is 4.28. The van der Waals surface area contributed by atoms with Crippen LogP contribution in [0, 0.1) is 13.8 Å². The fourth-order valence-corrected chi connectivity index (χ4v) is 3.25. The molecule has 0 spiro atoms. The number of aromatic carboxylic acids is 1. The molecule has 0 saturated heterocycles. The third-order valence-electron chi connectivity index (χ3n) is 3.02. The summed E-state index contributed by atoms with van der Waals surface area (Å²) in [6.07, 6.45) is 0. The highest BCUT2D eigenvalue weighted by Crippen LogP contribution is 2.16. The highest BCUT2D eigenvalue weighted by molar-refractivity contribution is 7.83. The summed E-state index contributed by atoms with van der Waals surface area (Å²) in [5.74, 6) is 0.497. The molecular formula is C14H15NO4S. The third kappa shape index (κ3) is 3.33. The molecule has 2 aromatic rings. The van der Waals surface area contributed by atoms with E-state index in [1.54, 1.807) is 19.1 Å². The standard InChI is InChI=1S/C14H15NO4S/c1-9-13(10(2)19-15-9)8-20(18)7-11-3-5-12(6-4-11)14(16)17/h3-6H,7-8H2,1-2H3,(H,16,17). The number of carboxylic acids is 1. The average molecular weight is 293 g/mol. The Hall–Kier alpha value is -1.95. The molecule has 20 heavy (non-hydrogen) atoms. The smallest absolute Gasteiger partial charge is 0.335 e. The first-order valence-corrected chi connectivity index (χ1v) is 7.55. The monoisotopic (exact) mass is 293 g/mol. The van der Waals surface area contributed by atoms with Gasteiger partial charge in [0.15, 0.2) is 0 Å².